The standard InChI is InChI=1S/C20H32N4O3.HI/c1-4-9-22-19(25)13-24-20(21-5-2)23-12-16-7-6-15(3)11-18(16)27-17-8-10-26-14-17;/h6-7,11,17H,4-5,8-10,12-14H2,1-3H3,(H,22,25)(H2,21,23,24);1H. The molecule has 158 valence electrons. The van der Waals surface area contributed by atoms with Crippen molar-refractivity contribution in [3.05, 3.63) is 29.3 Å². The number of ether oxygens (including phenoxy) is 2. The maximum atomic E-state index is 11.8. The van der Waals surface area contributed by atoms with E-state index in [1.54, 1.807) is 0 Å². The smallest absolute Gasteiger partial charge is 0.239 e. The molecule has 1 unspecified atom stereocenters. The van der Waals surface area contributed by atoms with E-state index in [-0.39, 0.29) is 42.5 Å². The van der Waals surface area contributed by atoms with Gasteiger partial charge in [-0.25, -0.2) is 4.99 Å². The van der Waals surface area contributed by atoms with E-state index in [1.807, 2.05) is 32.9 Å². The van der Waals surface area contributed by atoms with Crippen LogP contribution in [0.2, 0.25) is 0 Å². The lowest BCUT2D eigenvalue weighted by molar-refractivity contribution is -0.120. The summed E-state index contributed by atoms with van der Waals surface area (Å²) in [4.78, 5) is 16.4. The van der Waals surface area contributed by atoms with Crippen LogP contribution >= 0.6 is 24.0 Å². The summed E-state index contributed by atoms with van der Waals surface area (Å²) in [5.74, 6) is 1.42. The molecule has 0 bridgehead atoms. The van der Waals surface area contributed by atoms with Gasteiger partial charge >= 0.3 is 0 Å². The second-order valence-electron chi connectivity index (χ2n) is 6.61. The SMILES string of the molecule is CCCNC(=O)CNC(=NCc1ccc(C)cc1OC1CCOC1)NCC.I. The predicted molar refractivity (Wildman–Crippen MR) is 123 cm³/mol. The number of benzene rings is 1. The molecule has 1 aliphatic heterocycles. The topological polar surface area (TPSA) is 84.0 Å². The summed E-state index contributed by atoms with van der Waals surface area (Å²) in [5, 5.41) is 9.08. The summed E-state index contributed by atoms with van der Waals surface area (Å²) in [6, 6.07) is 6.14. The lowest BCUT2D eigenvalue weighted by Gasteiger charge is -2.16. The Morgan fingerprint density at radius 3 is 2.79 bits per heavy atom. The third kappa shape index (κ3) is 8.64. The van der Waals surface area contributed by atoms with Gasteiger partial charge in [-0.05, 0) is 31.9 Å². The lowest BCUT2D eigenvalue weighted by Crippen LogP contribution is -2.43. The van der Waals surface area contributed by atoms with Gasteiger partial charge in [-0.2, -0.15) is 0 Å². The van der Waals surface area contributed by atoms with E-state index < -0.39 is 0 Å². The number of guanidine groups is 1. The number of halogens is 1. The zero-order valence-corrected chi connectivity index (χ0v) is 19.4. The monoisotopic (exact) mass is 504 g/mol. The fourth-order valence-corrected chi connectivity index (χ4v) is 2.68. The molecule has 1 heterocycles. The molecule has 7 nitrogen and oxygen atoms in total. The molecule has 1 aromatic rings. The van der Waals surface area contributed by atoms with Crippen molar-refractivity contribution in [2.75, 3.05) is 32.8 Å². The molecule has 3 N–H and O–H groups in total. The maximum absolute atomic E-state index is 11.8. The maximum Gasteiger partial charge on any atom is 0.239 e. The van der Waals surface area contributed by atoms with E-state index in [4.69, 9.17) is 9.47 Å². The van der Waals surface area contributed by atoms with Crippen molar-refractivity contribution >= 4 is 35.8 Å². The van der Waals surface area contributed by atoms with Crippen molar-refractivity contribution in [2.24, 2.45) is 4.99 Å². The highest BCUT2D eigenvalue weighted by molar-refractivity contribution is 14.0. The Labute approximate surface area is 185 Å². The van der Waals surface area contributed by atoms with Gasteiger partial charge in [0.1, 0.15) is 11.9 Å². The Kier molecular flexibility index (Phi) is 11.9. The van der Waals surface area contributed by atoms with E-state index >= 15 is 0 Å². The molecule has 0 saturated carbocycles. The van der Waals surface area contributed by atoms with Crippen LogP contribution in [0.1, 0.15) is 37.8 Å². The minimum atomic E-state index is -0.0388. The summed E-state index contributed by atoms with van der Waals surface area (Å²) in [6.07, 6.45) is 1.93. The number of carbonyl (C=O) groups is 1. The minimum Gasteiger partial charge on any atom is -0.488 e. The number of carbonyl (C=O) groups excluding carboxylic acids is 1. The normalized spacial score (nSPS) is 16.2. The average molecular weight is 504 g/mol. The summed E-state index contributed by atoms with van der Waals surface area (Å²) < 4.78 is 11.5. The van der Waals surface area contributed by atoms with Crippen LogP contribution in [0.4, 0.5) is 0 Å². The van der Waals surface area contributed by atoms with Gasteiger partial charge in [0.25, 0.3) is 0 Å². The first-order valence-corrected chi connectivity index (χ1v) is 9.75. The van der Waals surface area contributed by atoms with Crippen molar-refractivity contribution in [1.29, 1.82) is 0 Å². The van der Waals surface area contributed by atoms with Gasteiger partial charge in [0.05, 0.1) is 26.3 Å². The van der Waals surface area contributed by atoms with Crippen molar-refractivity contribution in [1.82, 2.24) is 16.0 Å². The largest absolute Gasteiger partial charge is 0.488 e. The van der Waals surface area contributed by atoms with Gasteiger partial charge in [0, 0.05) is 25.1 Å². The summed E-state index contributed by atoms with van der Waals surface area (Å²) in [6.45, 7) is 9.52. The lowest BCUT2D eigenvalue weighted by atomic mass is 10.1. The zero-order valence-electron chi connectivity index (χ0n) is 17.0. The van der Waals surface area contributed by atoms with Crippen LogP contribution in [-0.4, -0.2) is 50.8 Å². The van der Waals surface area contributed by atoms with Gasteiger partial charge in [0.15, 0.2) is 5.96 Å². The van der Waals surface area contributed by atoms with Crippen molar-refractivity contribution in [3.63, 3.8) is 0 Å². The van der Waals surface area contributed by atoms with Crippen LogP contribution in [0.15, 0.2) is 23.2 Å². The Bertz CT molecular complexity index is 634. The molecule has 28 heavy (non-hydrogen) atoms. The number of hydrogen-bond donors (Lipinski definition) is 3. The van der Waals surface area contributed by atoms with Crippen LogP contribution in [0.25, 0.3) is 0 Å². The Hall–Kier alpha value is -1.55. The van der Waals surface area contributed by atoms with E-state index in [9.17, 15) is 4.79 Å². The molecule has 1 saturated heterocycles. The molecule has 1 aliphatic rings. The number of hydrogen-bond acceptors (Lipinski definition) is 4. The van der Waals surface area contributed by atoms with Gasteiger partial charge in [-0.3, -0.25) is 4.79 Å². The van der Waals surface area contributed by atoms with Crippen LogP contribution in [0.5, 0.6) is 5.75 Å². The van der Waals surface area contributed by atoms with Crippen LogP contribution in [0.3, 0.4) is 0 Å². The highest BCUT2D eigenvalue weighted by atomic mass is 127. The minimum absolute atomic E-state index is 0. The molecule has 0 aromatic heterocycles. The van der Waals surface area contributed by atoms with E-state index in [2.05, 4.69) is 27.0 Å². The third-order valence-corrected chi connectivity index (χ3v) is 4.14. The number of aliphatic imine (C=N–C) groups is 1. The van der Waals surface area contributed by atoms with Crippen molar-refractivity contribution < 1.29 is 14.3 Å². The van der Waals surface area contributed by atoms with Crippen molar-refractivity contribution in [3.8, 4) is 5.75 Å². The van der Waals surface area contributed by atoms with Crippen LogP contribution in [0, 0.1) is 6.92 Å². The predicted octanol–water partition coefficient (Wildman–Crippen LogP) is 2.36. The average Bonchev–Trinajstić information content (AvgIpc) is 3.16. The first-order chi connectivity index (χ1) is 13.1. The molecular formula is C20H33IN4O3. The Balaban J connectivity index is 0.00000392. The zero-order chi connectivity index (χ0) is 19.5. The van der Waals surface area contributed by atoms with E-state index in [1.165, 1.54) is 0 Å². The molecule has 1 atom stereocenters. The van der Waals surface area contributed by atoms with Gasteiger partial charge in [-0.15, -0.1) is 24.0 Å². The number of aryl methyl sites for hydroxylation is 1. The number of amides is 1. The van der Waals surface area contributed by atoms with Gasteiger partial charge in [0.2, 0.25) is 5.91 Å². The van der Waals surface area contributed by atoms with Crippen molar-refractivity contribution in [2.45, 2.75) is 46.3 Å². The molecule has 0 spiro atoms. The molecular weight excluding hydrogens is 471 g/mol. The molecule has 1 aromatic carbocycles. The number of nitrogens with one attached hydrogen (secondary N) is 3. The highest BCUT2D eigenvalue weighted by Crippen LogP contribution is 2.24. The molecule has 0 aliphatic carbocycles. The second-order valence-corrected chi connectivity index (χ2v) is 6.61. The van der Waals surface area contributed by atoms with Crippen LogP contribution in [-0.2, 0) is 16.1 Å². The Morgan fingerprint density at radius 1 is 1.29 bits per heavy atom. The first-order valence-electron chi connectivity index (χ1n) is 9.75. The first kappa shape index (κ1) is 24.5. The van der Waals surface area contributed by atoms with Gasteiger partial charge in [-0.1, -0.05) is 19.1 Å². The van der Waals surface area contributed by atoms with E-state index in [0.717, 1.165) is 42.9 Å². The fourth-order valence-electron chi connectivity index (χ4n) is 2.68. The molecule has 0 radical (unpaired) electrons. The molecule has 1 fully saturated rings. The second kappa shape index (κ2) is 13.6. The Morgan fingerprint density at radius 2 is 2.11 bits per heavy atom. The summed E-state index contributed by atoms with van der Waals surface area (Å²) in [5.41, 5.74) is 2.16. The highest BCUT2D eigenvalue weighted by Gasteiger charge is 2.18. The summed E-state index contributed by atoms with van der Waals surface area (Å²) >= 11 is 0. The molecule has 8 heteroatoms. The number of rotatable bonds is 9. The third-order valence-electron chi connectivity index (χ3n) is 4.14. The number of nitrogens with zero attached hydrogens (tertiary/aromatic N) is 1. The van der Waals surface area contributed by atoms with E-state index in [0.29, 0.717) is 25.7 Å². The molecule has 2 rings (SSSR count). The summed E-state index contributed by atoms with van der Waals surface area (Å²) in [7, 11) is 0. The van der Waals surface area contributed by atoms with Crippen LogP contribution < -0.4 is 20.7 Å². The van der Waals surface area contributed by atoms with Gasteiger partial charge < -0.3 is 25.4 Å². The molecule has 1 amide bonds. The quantitative estimate of drug-likeness (QED) is 0.273. The fraction of sp³-hybridized carbons (Fsp3) is 0.600.